The molecule has 27 heavy (non-hydrogen) atoms. The summed E-state index contributed by atoms with van der Waals surface area (Å²) in [6.45, 7) is -0.708. The summed E-state index contributed by atoms with van der Waals surface area (Å²) in [7, 11) is 0. The maximum Gasteiger partial charge on any atom is 0.341 e. The van der Waals surface area contributed by atoms with Crippen LogP contribution in [0.4, 0.5) is 0 Å². The van der Waals surface area contributed by atoms with Crippen molar-refractivity contribution in [2.75, 3.05) is 13.2 Å². The number of ether oxygens (including phenoxy) is 2. The predicted molar refractivity (Wildman–Crippen MR) is 108 cm³/mol. The number of hydrogen-bond acceptors (Lipinski definition) is 5. The third-order valence-corrected chi connectivity index (χ3v) is 4.29. The number of aliphatic carboxylic acids is 1. The van der Waals surface area contributed by atoms with Gasteiger partial charge in [-0.15, -0.1) is 0 Å². The average Bonchev–Trinajstić information content (AvgIpc) is 2.59. The Morgan fingerprint density at radius 2 is 1.96 bits per heavy atom. The summed E-state index contributed by atoms with van der Waals surface area (Å²) in [5, 5.41) is 12.7. The first-order valence-electron chi connectivity index (χ1n) is 7.39. The number of nitrogens with one attached hydrogen (secondary N) is 1. The van der Waals surface area contributed by atoms with E-state index in [9.17, 15) is 9.59 Å². The fourth-order valence-corrected chi connectivity index (χ4v) is 3.21. The number of carbonyl (C=O) groups is 2. The molecule has 0 saturated heterocycles. The standard InChI is InChI=1S/C17H13Br2ClN2O5/c18-11-2-1-3-12(6-11)26-8-15(23)22-21-7-10-4-13(19)17(14(20)5-10)27-9-16(24)25/h1-7H,8-9H2,(H,22,23)(H,24,25). The van der Waals surface area contributed by atoms with Crippen LogP contribution in [0.3, 0.4) is 0 Å². The highest BCUT2D eigenvalue weighted by Gasteiger charge is 2.10. The van der Waals surface area contributed by atoms with E-state index < -0.39 is 18.5 Å². The van der Waals surface area contributed by atoms with Crippen LogP contribution in [-0.2, 0) is 9.59 Å². The molecule has 0 heterocycles. The predicted octanol–water partition coefficient (Wildman–Crippen LogP) is 3.86. The van der Waals surface area contributed by atoms with Crippen LogP contribution in [0.2, 0.25) is 5.02 Å². The topological polar surface area (TPSA) is 97.2 Å². The summed E-state index contributed by atoms with van der Waals surface area (Å²) in [6, 6.07) is 10.3. The van der Waals surface area contributed by atoms with E-state index >= 15 is 0 Å². The van der Waals surface area contributed by atoms with Crippen LogP contribution in [0.25, 0.3) is 0 Å². The van der Waals surface area contributed by atoms with E-state index in [-0.39, 0.29) is 17.4 Å². The minimum absolute atomic E-state index is 0.194. The second-order valence-electron chi connectivity index (χ2n) is 5.04. The minimum atomic E-state index is -1.11. The molecule has 0 spiro atoms. The molecule has 0 radical (unpaired) electrons. The molecule has 0 aliphatic rings. The molecular formula is C17H13Br2ClN2O5. The van der Waals surface area contributed by atoms with Gasteiger partial charge in [0.05, 0.1) is 15.7 Å². The third-order valence-electron chi connectivity index (χ3n) is 2.93. The van der Waals surface area contributed by atoms with Gasteiger partial charge in [-0.3, -0.25) is 4.79 Å². The number of benzene rings is 2. The molecule has 0 atom stereocenters. The molecule has 0 aliphatic heterocycles. The van der Waals surface area contributed by atoms with Crippen molar-refractivity contribution >= 4 is 61.6 Å². The number of halogens is 3. The van der Waals surface area contributed by atoms with Crippen LogP contribution in [0.15, 0.2) is 50.4 Å². The maximum atomic E-state index is 11.8. The van der Waals surface area contributed by atoms with Crippen LogP contribution in [0.5, 0.6) is 11.5 Å². The second kappa shape index (κ2) is 10.3. The number of carboxylic acid groups (broad SMARTS) is 1. The Kier molecular flexibility index (Phi) is 8.08. The molecule has 0 aromatic heterocycles. The molecule has 2 aromatic carbocycles. The number of amides is 1. The number of nitrogens with zero attached hydrogens (tertiary/aromatic N) is 1. The van der Waals surface area contributed by atoms with E-state index in [1.807, 2.05) is 6.07 Å². The van der Waals surface area contributed by atoms with Gasteiger partial charge in [-0.1, -0.05) is 33.6 Å². The summed E-state index contributed by atoms with van der Waals surface area (Å²) >= 11 is 12.6. The van der Waals surface area contributed by atoms with E-state index in [0.717, 1.165) is 4.47 Å². The number of carbonyl (C=O) groups excluding carboxylic acids is 1. The lowest BCUT2D eigenvalue weighted by Crippen LogP contribution is -2.24. The summed E-state index contributed by atoms with van der Waals surface area (Å²) in [5.41, 5.74) is 2.91. The molecule has 142 valence electrons. The highest BCUT2D eigenvalue weighted by atomic mass is 79.9. The lowest BCUT2D eigenvalue weighted by molar-refractivity contribution is -0.139. The number of hydrogen-bond donors (Lipinski definition) is 2. The van der Waals surface area contributed by atoms with E-state index in [2.05, 4.69) is 42.4 Å². The lowest BCUT2D eigenvalue weighted by atomic mass is 10.2. The zero-order valence-electron chi connectivity index (χ0n) is 13.6. The quantitative estimate of drug-likeness (QED) is 0.407. The molecule has 7 nitrogen and oxygen atoms in total. The highest BCUT2D eigenvalue weighted by Crippen LogP contribution is 2.34. The average molecular weight is 521 g/mol. The third kappa shape index (κ3) is 7.20. The summed E-state index contributed by atoms with van der Waals surface area (Å²) in [4.78, 5) is 22.3. The summed E-state index contributed by atoms with van der Waals surface area (Å²) in [6.07, 6.45) is 1.38. The van der Waals surface area contributed by atoms with Crippen LogP contribution in [0.1, 0.15) is 5.56 Å². The zero-order chi connectivity index (χ0) is 19.8. The molecule has 0 fully saturated rings. The van der Waals surface area contributed by atoms with Gasteiger partial charge in [0.25, 0.3) is 5.91 Å². The van der Waals surface area contributed by atoms with Crippen molar-refractivity contribution in [1.82, 2.24) is 5.43 Å². The molecule has 0 saturated carbocycles. The zero-order valence-corrected chi connectivity index (χ0v) is 17.5. The molecule has 0 unspecified atom stereocenters. The van der Waals surface area contributed by atoms with Gasteiger partial charge in [0.2, 0.25) is 0 Å². The van der Waals surface area contributed by atoms with Gasteiger partial charge in [-0.25, -0.2) is 10.2 Å². The van der Waals surface area contributed by atoms with Crippen LogP contribution < -0.4 is 14.9 Å². The Balaban J connectivity index is 1.89. The SMILES string of the molecule is O=C(O)COc1c(Cl)cc(C=NNC(=O)COc2cccc(Br)c2)cc1Br. The van der Waals surface area contributed by atoms with Crippen LogP contribution in [0, 0.1) is 0 Å². The smallest absolute Gasteiger partial charge is 0.341 e. The number of rotatable bonds is 8. The highest BCUT2D eigenvalue weighted by molar-refractivity contribution is 9.10. The fourth-order valence-electron chi connectivity index (χ4n) is 1.84. The van der Waals surface area contributed by atoms with Gasteiger partial charge in [0.1, 0.15) is 5.75 Å². The van der Waals surface area contributed by atoms with Gasteiger partial charge >= 0.3 is 5.97 Å². The van der Waals surface area contributed by atoms with E-state index in [0.29, 0.717) is 15.8 Å². The van der Waals surface area contributed by atoms with Gasteiger partial charge in [-0.2, -0.15) is 5.10 Å². The van der Waals surface area contributed by atoms with Crippen molar-refractivity contribution in [3.63, 3.8) is 0 Å². The van der Waals surface area contributed by atoms with Crippen molar-refractivity contribution < 1.29 is 24.2 Å². The van der Waals surface area contributed by atoms with Gasteiger partial charge in [0.15, 0.2) is 19.0 Å². The van der Waals surface area contributed by atoms with Gasteiger partial charge in [-0.05, 0) is 51.8 Å². The van der Waals surface area contributed by atoms with E-state index in [1.54, 1.807) is 24.3 Å². The molecule has 0 bridgehead atoms. The van der Waals surface area contributed by atoms with Gasteiger partial charge < -0.3 is 14.6 Å². The van der Waals surface area contributed by atoms with Crippen molar-refractivity contribution in [3.8, 4) is 11.5 Å². The monoisotopic (exact) mass is 518 g/mol. The van der Waals surface area contributed by atoms with Crippen LogP contribution in [-0.4, -0.2) is 36.4 Å². The van der Waals surface area contributed by atoms with Crippen molar-refractivity contribution in [3.05, 3.63) is 55.9 Å². The number of carboxylic acids is 1. The van der Waals surface area contributed by atoms with Crippen LogP contribution >= 0.6 is 43.5 Å². The summed E-state index contributed by atoms with van der Waals surface area (Å²) in [5.74, 6) is -0.784. The van der Waals surface area contributed by atoms with E-state index in [4.69, 9.17) is 26.2 Å². The lowest BCUT2D eigenvalue weighted by Gasteiger charge is -2.09. The molecule has 1 amide bonds. The summed E-state index contributed by atoms with van der Waals surface area (Å²) < 4.78 is 11.7. The molecule has 10 heteroatoms. The largest absolute Gasteiger partial charge is 0.484 e. The first kappa shape index (κ1) is 21.2. The Labute approximate surface area is 176 Å². The molecule has 2 rings (SSSR count). The van der Waals surface area contributed by atoms with Crippen molar-refractivity contribution in [2.45, 2.75) is 0 Å². The number of hydrazone groups is 1. The Hall–Kier alpha value is -2.10. The van der Waals surface area contributed by atoms with Crippen molar-refractivity contribution in [2.24, 2.45) is 5.10 Å². The Morgan fingerprint density at radius 3 is 2.63 bits per heavy atom. The fraction of sp³-hybridized carbons (Fsp3) is 0.118. The minimum Gasteiger partial charge on any atom is -0.484 e. The second-order valence-corrected chi connectivity index (χ2v) is 7.21. The van der Waals surface area contributed by atoms with Gasteiger partial charge in [0, 0.05) is 4.47 Å². The van der Waals surface area contributed by atoms with E-state index in [1.165, 1.54) is 12.3 Å². The molecule has 0 aliphatic carbocycles. The Bertz CT molecular complexity index is 853. The van der Waals surface area contributed by atoms with Crippen molar-refractivity contribution in [1.29, 1.82) is 0 Å². The Morgan fingerprint density at radius 1 is 1.19 bits per heavy atom. The molecule has 2 N–H and O–H groups in total. The molecular weight excluding hydrogens is 507 g/mol. The molecule has 2 aromatic rings. The maximum absolute atomic E-state index is 11.8. The normalized spacial score (nSPS) is 10.6. The first-order chi connectivity index (χ1) is 12.8. The first-order valence-corrected chi connectivity index (χ1v) is 9.35.